The number of carboxylic acids is 1. The Labute approximate surface area is 106 Å². The predicted molar refractivity (Wildman–Crippen MR) is 65.9 cm³/mol. The lowest BCUT2D eigenvalue weighted by molar-refractivity contribution is -0.143. The van der Waals surface area contributed by atoms with Crippen molar-refractivity contribution in [2.24, 2.45) is 0 Å². The number of aliphatic carboxylic acids is 1. The Morgan fingerprint density at radius 2 is 1.89 bits per heavy atom. The number of carbonyl (C=O) groups is 2. The van der Waals surface area contributed by atoms with E-state index in [0.29, 0.717) is 6.61 Å². The van der Waals surface area contributed by atoms with E-state index in [-0.39, 0.29) is 0 Å². The topological polar surface area (TPSA) is 75.6 Å². The molecule has 2 N–H and O–H groups in total. The molecule has 0 heterocycles. The highest BCUT2D eigenvalue weighted by molar-refractivity contribution is 5.85. The van der Waals surface area contributed by atoms with Crippen molar-refractivity contribution < 1.29 is 19.4 Å². The number of rotatable bonds is 6. The zero-order valence-electron chi connectivity index (χ0n) is 10.4. The molecule has 98 valence electrons. The summed E-state index contributed by atoms with van der Waals surface area (Å²) in [5.74, 6) is -1.50. The van der Waals surface area contributed by atoms with E-state index in [2.05, 4.69) is 5.32 Å². The molecule has 5 nitrogen and oxygen atoms in total. The minimum atomic E-state index is -1.07. The van der Waals surface area contributed by atoms with Crippen LogP contribution < -0.4 is 5.32 Å². The molecule has 1 aromatic rings. The van der Waals surface area contributed by atoms with Gasteiger partial charge in [0.1, 0.15) is 12.1 Å². The van der Waals surface area contributed by atoms with Crippen molar-refractivity contribution in [3.8, 4) is 0 Å². The van der Waals surface area contributed by atoms with Gasteiger partial charge in [0.15, 0.2) is 0 Å². The van der Waals surface area contributed by atoms with Crippen molar-refractivity contribution in [3.05, 3.63) is 35.9 Å². The Morgan fingerprint density at radius 3 is 2.44 bits per heavy atom. The van der Waals surface area contributed by atoms with Crippen LogP contribution in [0.25, 0.3) is 0 Å². The maximum Gasteiger partial charge on any atom is 0.325 e. The molecule has 0 spiro atoms. The highest BCUT2D eigenvalue weighted by Crippen LogP contribution is 2.03. The fourth-order valence-corrected chi connectivity index (χ4v) is 1.26. The van der Waals surface area contributed by atoms with Crippen LogP contribution in [-0.2, 0) is 20.9 Å². The van der Waals surface area contributed by atoms with Gasteiger partial charge >= 0.3 is 5.97 Å². The van der Waals surface area contributed by atoms with E-state index >= 15 is 0 Å². The van der Waals surface area contributed by atoms with Crippen LogP contribution in [0.15, 0.2) is 30.3 Å². The summed E-state index contributed by atoms with van der Waals surface area (Å²) >= 11 is 0. The third kappa shape index (κ3) is 4.55. The number of ether oxygens (including phenoxy) is 1. The molecular weight excluding hydrogens is 234 g/mol. The van der Waals surface area contributed by atoms with E-state index in [0.717, 1.165) is 5.56 Å². The molecule has 2 atom stereocenters. The first-order chi connectivity index (χ1) is 8.50. The molecule has 0 aliphatic heterocycles. The molecule has 2 unspecified atom stereocenters. The molecule has 0 saturated carbocycles. The summed E-state index contributed by atoms with van der Waals surface area (Å²) in [7, 11) is 0. The molecule has 5 heteroatoms. The van der Waals surface area contributed by atoms with Gasteiger partial charge in [0, 0.05) is 0 Å². The van der Waals surface area contributed by atoms with E-state index in [1.807, 2.05) is 30.3 Å². The fraction of sp³-hybridized carbons (Fsp3) is 0.385. The van der Waals surface area contributed by atoms with Crippen LogP contribution >= 0.6 is 0 Å². The second-order valence-electron chi connectivity index (χ2n) is 4.01. The molecular formula is C13H17NO4. The monoisotopic (exact) mass is 251 g/mol. The van der Waals surface area contributed by atoms with Gasteiger partial charge in [-0.05, 0) is 19.4 Å². The molecule has 0 bridgehead atoms. The molecule has 0 fully saturated rings. The Bertz CT molecular complexity index is 405. The number of nitrogens with one attached hydrogen (secondary N) is 1. The van der Waals surface area contributed by atoms with Gasteiger partial charge in [-0.25, -0.2) is 0 Å². The van der Waals surface area contributed by atoms with Crippen molar-refractivity contribution in [1.29, 1.82) is 0 Å². The summed E-state index contributed by atoms with van der Waals surface area (Å²) in [6.07, 6.45) is -0.688. The first-order valence-electron chi connectivity index (χ1n) is 5.69. The zero-order chi connectivity index (χ0) is 13.5. The molecule has 0 aliphatic rings. The molecule has 0 saturated heterocycles. The fourth-order valence-electron chi connectivity index (χ4n) is 1.26. The SMILES string of the molecule is CC(NC(=O)C(C)OCc1ccccc1)C(=O)O. The van der Waals surface area contributed by atoms with Gasteiger partial charge in [-0.15, -0.1) is 0 Å². The number of carbonyl (C=O) groups excluding carboxylic acids is 1. The number of amides is 1. The number of benzene rings is 1. The lowest BCUT2D eigenvalue weighted by Gasteiger charge is -2.15. The lowest BCUT2D eigenvalue weighted by atomic mass is 10.2. The average Bonchev–Trinajstić information content (AvgIpc) is 2.36. The normalized spacial score (nSPS) is 13.7. The first kappa shape index (κ1) is 14.2. The summed E-state index contributed by atoms with van der Waals surface area (Å²) in [6, 6.07) is 8.54. The molecule has 1 rings (SSSR count). The van der Waals surface area contributed by atoms with Crippen molar-refractivity contribution in [2.45, 2.75) is 32.6 Å². The minimum absolute atomic E-state index is 0.316. The predicted octanol–water partition coefficient (Wildman–Crippen LogP) is 1.18. The Kier molecular flexibility index (Phi) is 5.32. The van der Waals surface area contributed by atoms with E-state index in [4.69, 9.17) is 9.84 Å². The van der Waals surface area contributed by atoms with Gasteiger partial charge in [0.2, 0.25) is 5.91 Å². The first-order valence-corrected chi connectivity index (χ1v) is 5.69. The summed E-state index contributed by atoms with van der Waals surface area (Å²) in [4.78, 5) is 22.2. The smallest absolute Gasteiger partial charge is 0.325 e. The molecule has 0 aromatic heterocycles. The van der Waals surface area contributed by atoms with Crippen LogP contribution in [0.2, 0.25) is 0 Å². The van der Waals surface area contributed by atoms with Gasteiger partial charge < -0.3 is 15.2 Å². The van der Waals surface area contributed by atoms with Crippen LogP contribution in [-0.4, -0.2) is 29.1 Å². The van der Waals surface area contributed by atoms with Crippen LogP contribution in [0, 0.1) is 0 Å². The Hall–Kier alpha value is -1.88. The second kappa shape index (κ2) is 6.76. The molecule has 18 heavy (non-hydrogen) atoms. The summed E-state index contributed by atoms with van der Waals surface area (Å²) in [6.45, 7) is 3.31. The van der Waals surface area contributed by atoms with Gasteiger partial charge in [-0.3, -0.25) is 9.59 Å². The number of hydrogen-bond acceptors (Lipinski definition) is 3. The summed E-state index contributed by atoms with van der Waals surface area (Å²) in [5, 5.41) is 11.0. The van der Waals surface area contributed by atoms with Crippen LogP contribution in [0.3, 0.4) is 0 Å². The second-order valence-corrected chi connectivity index (χ2v) is 4.01. The van der Waals surface area contributed by atoms with E-state index < -0.39 is 24.0 Å². The third-order valence-corrected chi connectivity index (χ3v) is 2.44. The molecule has 0 aliphatic carbocycles. The maximum absolute atomic E-state index is 11.6. The van der Waals surface area contributed by atoms with Crippen molar-refractivity contribution in [2.75, 3.05) is 0 Å². The standard InChI is InChI=1S/C13H17NO4/c1-9(13(16)17)14-12(15)10(2)18-8-11-6-4-3-5-7-11/h3-7,9-10H,8H2,1-2H3,(H,14,15)(H,16,17). The molecule has 1 aromatic carbocycles. The third-order valence-electron chi connectivity index (χ3n) is 2.44. The van der Waals surface area contributed by atoms with Crippen molar-refractivity contribution in [3.63, 3.8) is 0 Å². The maximum atomic E-state index is 11.6. The van der Waals surface area contributed by atoms with Crippen molar-refractivity contribution >= 4 is 11.9 Å². The zero-order valence-corrected chi connectivity index (χ0v) is 10.4. The van der Waals surface area contributed by atoms with E-state index in [1.165, 1.54) is 6.92 Å². The summed E-state index contributed by atoms with van der Waals surface area (Å²) in [5.41, 5.74) is 0.962. The van der Waals surface area contributed by atoms with Gasteiger partial charge in [0.25, 0.3) is 0 Å². The minimum Gasteiger partial charge on any atom is -0.480 e. The molecule has 0 radical (unpaired) electrons. The van der Waals surface area contributed by atoms with Gasteiger partial charge in [-0.2, -0.15) is 0 Å². The lowest BCUT2D eigenvalue weighted by Crippen LogP contribution is -2.43. The van der Waals surface area contributed by atoms with E-state index in [9.17, 15) is 9.59 Å². The van der Waals surface area contributed by atoms with Gasteiger partial charge in [0.05, 0.1) is 6.61 Å². The Morgan fingerprint density at radius 1 is 1.28 bits per heavy atom. The van der Waals surface area contributed by atoms with E-state index in [1.54, 1.807) is 6.92 Å². The number of hydrogen-bond donors (Lipinski definition) is 2. The van der Waals surface area contributed by atoms with Crippen LogP contribution in [0.1, 0.15) is 19.4 Å². The van der Waals surface area contributed by atoms with Crippen LogP contribution in [0.5, 0.6) is 0 Å². The van der Waals surface area contributed by atoms with Crippen molar-refractivity contribution in [1.82, 2.24) is 5.32 Å². The highest BCUT2D eigenvalue weighted by Gasteiger charge is 2.19. The average molecular weight is 251 g/mol. The highest BCUT2D eigenvalue weighted by atomic mass is 16.5. The summed E-state index contributed by atoms with van der Waals surface area (Å²) < 4.78 is 5.37. The quantitative estimate of drug-likeness (QED) is 0.796. The molecule has 1 amide bonds. The Balaban J connectivity index is 2.39. The largest absolute Gasteiger partial charge is 0.480 e. The number of carboxylic acid groups (broad SMARTS) is 1. The van der Waals surface area contributed by atoms with Gasteiger partial charge in [-0.1, -0.05) is 30.3 Å². The van der Waals surface area contributed by atoms with Crippen LogP contribution in [0.4, 0.5) is 0 Å².